The number of carbonyl (C=O) groups is 5. The average molecular weight is 737 g/mol. The van der Waals surface area contributed by atoms with Gasteiger partial charge in [-0.25, -0.2) is 9.18 Å². The molecule has 0 saturated carbocycles. The fraction of sp³-hybridized carbons (Fsp3) is 0.364. The zero-order chi connectivity index (χ0) is 34.2. The molecule has 3 N–H and O–H groups in total. The molecule has 12 nitrogen and oxygen atoms in total. The van der Waals surface area contributed by atoms with E-state index >= 15 is 4.39 Å². The predicted molar refractivity (Wildman–Crippen MR) is 185 cm³/mol. The molecule has 3 aromatic rings. The standard InChI is InChI=1S/C33H35ClFN5O7S.ClH/c34-28-12-11-27(48-28)32(44)40(29(41)8-4-5-13-37-31(43)25(36)16-21-6-2-1-3-7-21)19-23-18-39(33(45)47-23)26-10-9-22(17-24(26)35)38-14-15-46-20-30(38)42;/h1-3,6-7,9-12,17,23,25H,4-5,8,13-16,18-20,36H2,(H,37,43);1H/t23-,25+;/m1./s1. The van der Waals surface area contributed by atoms with Crippen LogP contribution in [0, 0.1) is 5.82 Å². The number of nitrogens with two attached hydrogens (primary N) is 1. The number of halogens is 3. The van der Waals surface area contributed by atoms with Crippen molar-refractivity contribution in [1.82, 2.24) is 10.2 Å². The molecule has 2 aromatic carbocycles. The van der Waals surface area contributed by atoms with Crippen molar-refractivity contribution in [3.63, 3.8) is 0 Å². The van der Waals surface area contributed by atoms with Crippen molar-refractivity contribution in [2.75, 3.05) is 49.2 Å². The molecule has 0 unspecified atom stereocenters. The van der Waals surface area contributed by atoms with Gasteiger partial charge in [0.05, 0.1) is 40.6 Å². The minimum Gasteiger partial charge on any atom is -0.442 e. The highest BCUT2D eigenvalue weighted by Crippen LogP contribution is 2.30. The van der Waals surface area contributed by atoms with E-state index in [1.165, 1.54) is 29.2 Å². The van der Waals surface area contributed by atoms with Crippen LogP contribution >= 0.6 is 35.3 Å². The van der Waals surface area contributed by atoms with E-state index < -0.39 is 35.9 Å². The van der Waals surface area contributed by atoms with Gasteiger partial charge in [0.2, 0.25) is 11.8 Å². The number of morpholine rings is 1. The highest BCUT2D eigenvalue weighted by atomic mass is 35.5. The summed E-state index contributed by atoms with van der Waals surface area (Å²) in [6.07, 6.45) is -0.578. The molecule has 0 spiro atoms. The molecule has 5 rings (SSSR count). The van der Waals surface area contributed by atoms with Crippen LogP contribution in [0.2, 0.25) is 4.34 Å². The summed E-state index contributed by atoms with van der Waals surface area (Å²) in [5, 5.41) is 2.78. The maximum absolute atomic E-state index is 15.2. The third-order valence-electron chi connectivity index (χ3n) is 7.86. The quantitative estimate of drug-likeness (QED) is 0.248. The van der Waals surface area contributed by atoms with E-state index in [1.807, 2.05) is 30.3 Å². The normalized spacial score (nSPS) is 16.5. The van der Waals surface area contributed by atoms with Crippen LogP contribution in [0.3, 0.4) is 0 Å². The maximum Gasteiger partial charge on any atom is 0.414 e. The van der Waals surface area contributed by atoms with Crippen LogP contribution in [0.1, 0.15) is 34.5 Å². The number of amides is 5. The molecule has 16 heteroatoms. The number of ether oxygens (including phenoxy) is 2. The molecule has 262 valence electrons. The van der Waals surface area contributed by atoms with E-state index in [1.54, 1.807) is 6.07 Å². The summed E-state index contributed by atoms with van der Waals surface area (Å²) in [5.74, 6) is -2.45. The zero-order valence-electron chi connectivity index (χ0n) is 26.3. The lowest BCUT2D eigenvalue weighted by Crippen LogP contribution is -2.43. The van der Waals surface area contributed by atoms with Gasteiger partial charge in [0.15, 0.2) is 0 Å². The second-order valence-electron chi connectivity index (χ2n) is 11.3. The van der Waals surface area contributed by atoms with Crippen molar-refractivity contribution >= 4 is 76.4 Å². The largest absolute Gasteiger partial charge is 0.442 e. The number of anilines is 2. The van der Waals surface area contributed by atoms with Crippen molar-refractivity contribution in [2.24, 2.45) is 5.73 Å². The number of rotatable bonds is 13. The monoisotopic (exact) mass is 735 g/mol. The molecule has 2 fully saturated rings. The second-order valence-corrected chi connectivity index (χ2v) is 13.0. The number of unbranched alkanes of at least 4 members (excludes halogenated alkanes) is 1. The Morgan fingerprint density at radius 3 is 2.55 bits per heavy atom. The van der Waals surface area contributed by atoms with Gasteiger partial charge in [-0.1, -0.05) is 41.9 Å². The van der Waals surface area contributed by atoms with Gasteiger partial charge in [0.1, 0.15) is 18.5 Å². The molecule has 2 atom stereocenters. The van der Waals surface area contributed by atoms with E-state index in [0.717, 1.165) is 26.7 Å². The number of hydrogen-bond acceptors (Lipinski definition) is 9. The Bertz CT molecular complexity index is 1660. The van der Waals surface area contributed by atoms with Crippen molar-refractivity contribution in [3.05, 3.63) is 81.3 Å². The first kappa shape index (κ1) is 37.7. The van der Waals surface area contributed by atoms with Gasteiger partial charge in [0, 0.05) is 25.2 Å². The minimum absolute atomic E-state index is 0. The van der Waals surface area contributed by atoms with E-state index in [-0.39, 0.29) is 67.4 Å². The van der Waals surface area contributed by atoms with Gasteiger partial charge in [-0.15, -0.1) is 23.7 Å². The van der Waals surface area contributed by atoms with Crippen molar-refractivity contribution in [2.45, 2.75) is 37.8 Å². The lowest BCUT2D eigenvalue weighted by molar-refractivity contribution is -0.129. The first-order valence-electron chi connectivity index (χ1n) is 15.4. The van der Waals surface area contributed by atoms with Crippen LogP contribution in [0.5, 0.6) is 0 Å². The summed E-state index contributed by atoms with van der Waals surface area (Å²) < 4.78 is 26.2. The van der Waals surface area contributed by atoms with Crippen molar-refractivity contribution < 1.29 is 37.8 Å². The van der Waals surface area contributed by atoms with Crippen LogP contribution in [0.15, 0.2) is 60.7 Å². The summed E-state index contributed by atoms with van der Waals surface area (Å²) in [6, 6.07) is 15.8. The molecule has 49 heavy (non-hydrogen) atoms. The number of imide groups is 1. The fourth-order valence-electron chi connectivity index (χ4n) is 5.39. The Kier molecular flexibility index (Phi) is 13.5. The lowest BCUT2D eigenvalue weighted by atomic mass is 10.1. The van der Waals surface area contributed by atoms with Gasteiger partial charge >= 0.3 is 6.09 Å². The number of nitrogens with one attached hydrogen (secondary N) is 1. The van der Waals surface area contributed by atoms with E-state index in [4.69, 9.17) is 26.8 Å². The predicted octanol–water partition coefficient (Wildman–Crippen LogP) is 4.18. The third-order valence-corrected chi connectivity index (χ3v) is 9.08. The summed E-state index contributed by atoms with van der Waals surface area (Å²) in [4.78, 5) is 68.0. The summed E-state index contributed by atoms with van der Waals surface area (Å²) in [5.41, 5.74) is 7.25. The smallest absolute Gasteiger partial charge is 0.414 e. The number of cyclic esters (lactones) is 1. The van der Waals surface area contributed by atoms with E-state index in [2.05, 4.69) is 5.32 Å². The molecule has 0 aliphatic carbocycles. The van der Waals surface area contributed by atoms with Gasteiger partial charge < -0.3 is 25.4 Å². The second kappa shape index (κ2) is 17.5. The summed E-state index contributed by atoms with van der Waals surface area (Å²) in [6.45, 7) is 0.404. The Labute approximate surface area is 297 Å². The SMILES string of the molecule is Cl.N[C@@H](Cc1ccccc1)C(=O)NCCCCC(=O)N(C[C@H]1CN(c2ccc(N3CCOCC3=O)cc2F)C(=O)O1)C(=O)c1ccc(Cl)s1. The van der Waals surface area contributed by atoms with Crippen LogP contribution in [-0.2, 0) is 30.3 Å². The van der Waals surface area contributed by atoms with Gasteiger partial charge in [-0.2, -0.15) is 0 Å². The molecule has 2 aliphatic rings. The van der Waals surface area contributed by atoms with Crippen LogP contribution in [0.4, 0.5) is 20.6 Å². The number of carbonyl (C=O) groups excluding carboxylic acids is 5. The van der Waals surface area contributed by atoms with Crippen molar-refractivity contribution in [1.29, 1.82) is 0 Å². The minimum atomic E-state index is -0.939. The number of benzene rings is 2. The summed E-state index contributed by atoms with van der Waals surface area (Å²) in [7, 11) is 0. The highest BCUT2D eigenvalue weighted by Gasteiger charge is 2.38. The topological polar surface area (TPSA) is 152 Å². The molecular weight excluding hydrogens is 700 g/mol. The molecule has 0 bridgehead atoms. The molecule has 3 heterocycles. The third kappa shape index (κ3) is 9.76. The fourth-order valence-corrected chi connectivity index (χ4v) is 6.38. The number of nitrogens with zero attached hydrogens (tertiary/aromatic N) is 3. The van der Waals surface area contributed by atoms with Crippen LogP contribution < -0.4 is 20.9 Å². The lowest BCUT2D eigenvalue weighted by Gasteiger charge is -2.27. The molecule has 2 saturated heterocycles. The Hall–Kier alpha value is -4.08. The zero-order valence-corrected chi connectivity index (χ0v) is 28.7. The first-order valence-corrected chi connectivity index (χ1v) is 16.6. The molecule has 0 radical (unpaired) electrons. The van der Waals surface area contributed by atoms with Crippen LogP contribution in [-0.4, -0.2) is 86.2 Å². The molecule has 2 aliphatic heterocycles. The van der Waals surface area contributed by atoms with Gasteiger partial charge in [0.25, 0.3) is 11.8 Å². The molecular formula is C33H36Cl2FN5O7S. The Balaban J connectivity index is 0.00000541. The molecule has 1 aromatic heterocycles. The average Bonchev–Trinajstić information content (AvgIpc) is 3.68. The number of thiophene rings is 1. The highest BCUT2D eigenvalue weighted by molar-refractivity contribution is 7.18. The number of hydrogen-bond donors (Lipinski definition) is 2. The van der Waals surface area contributed by atoms with Gasteiger partial charge in [-0.3, -0.25) is 29.0 Å². The van der Waals surface area contributed by atoms with E-state index in [9.17, 15) is 24.0 Å². The Morgan fingerprint density at radius 1 is 1.08 bits per heavy atom. The van der Waals surface area contributed by atoms with E-state index in [0.29, 0.717) is 42.4 Å². The Morgan fingerprint density at radius 2 is 1.86 bits per heavy atom. The maximum atomic E-state index is 15.2. The van der Waals surface area contributed by atoms with Crippen LogP contribution in [0.25, 0.3) is 0 Å². The first-order chi connectivity index (χ1) is 23.1. The van der Waals surface area contributed by atoms with Crippen molar-refractivity contribution in [3.8, 4) is 0 Å². The molecule has 5 amide bonds. The summed E-state index contributed by atoms with van der Waals surface area (Å²) >= 11 is 7.05. The van der Waals surface area contributed by atoms with Gasteiger partial charge in [-0.05, 0) is 55.2 Å².